The third-order valence-corrected chi connectivity index (χ3v) is 4.36. The highest BCUT2D eigenvalue weighted by atomic mass is 16.4. The molecule has 0 aliphatic carbocycles. The predicted molar refractivity (Wildman–Crippen MR) is 83.5 cm³/mol. The van der Waals surface area contributed by atoms with E-state index in [1.165, 1.54) is 31.2 Å². The monoisotopic (exact) mass is 275 g/mol. The molecular weight excluding hydrogens is 250 g/mol. The molecule has 0 spiro atoms. The van der Waals surface area contributed by atoms with E-state index in [1.54, 1.807) is 0 Å². The van der Waals surface area contributed by atoms with Gasteiger partial charge in [0.15, 0.2) is 5.84 Å². The van der Waals surface area contributed by atoms with Crippen molar-refractivity contribution in [3.05, 3.63) is 29.3 Å². The average molecular weight is 275 g/mol. The Morgan fingerprint density at radius 2 is 2.20 bits per heavy atom. The van der Waals surface area contributed by atoms with Gasteiger partial charge in [0, 0.05) is 18.7 Å². The zero-order valence-electron chi connectivity index (χ0n) is 12.5. The van der Waals surface area contributed by atoms with Crippen molar-refractivity contribution in [1.82, 2.24) is 0 Å². The first-order valence-corrected chi connectivity index (χ1v) is 7.49. The Morgan fingerprint density at radius 1 is 1.40 bits per heavy atom. The smallest absolute Gasteiger partial charge is 0.172 e. The number of hydrogen-bond donors (Lipinski definition) is 2. The Bertz CT molecular complexity index is 485. The molecule has 1 heterocycles. The highest BCUT2D eigenvalue weighted by Crippen LogP contribution is 2.29. The van der Waals surface area contributed by atoms with Gasteiger partial charge < -0.3 is 15.8 Å². The Labute approximate surface area is 121 Å². The molecule has 3 N–H and O–H groups in total. The molecule has 0 bridgehead atoms. The van der Waals surface area contributed by atoms with E-state index in [4.69, 9.17) is 10.9 Å². The second kappa shape index (κ2) is 6.64. The lowest BCUT2D eigenvalue weighted by atomic mass is 9.98. The van der Waals surface area contributed by atoms with Crippen LogP contribution >= 0.6 is 0 Å². The van der Waals surface area contributed by atoms with Crippen LogP contribution in [0.2, 0.25) is 0 Å². The third kappa shape index (κ3) is 3.06. The highest BCUT2D eigenvalue weighted by Gasteiger charge is 2.20. The number of anilines is 1. The number of hydrogen-bond acceptors (Lipinski definition) is 3. The van der Waals surface area contributed by atoms with Crippen molar-refractivity contribution in [1.29, 1.82) is 0 Å². The van der Waals surface area contributed by atoms with Gasteiger partial charge in [-0.2, -0.15) is 0 Å². The summed E-state index contributed by atoms with van der Waals surface area (Å²) in [6.45, 7) is 6.46. The Balaban J connectivity index is 2.32. The molecule has 1 atom stereocenters. The summed E-state index contributed by atoms with van der Waals surface area (Å²) in [4.78, 5) is 2.40. The number of aryl methyl sites for hydroxylation is 1. The van der Waals surface area contributed by atoms with Crippen molar-refractivity contribution in [2.45, 2.75) is 39.5 Å². The lowest BCUT2D eigenvalue weighted by Gasteiger charge is -2.27. The van der Waals surface area contributed by atoms with E-state index in [-0.39, 0.29) is 5.84 Å². The van der Waals surface area contributed by atoms with Crippen LogP contribution in [-0.4, -0.2) is 24.1 Å². The minimum Gasteiger partial charge on any atom is -0.409 e. The maximum Gasteiger partial charge on any atom is 0.172 e. The quantitative estimate of drug-likeness (QED) is 0.385. The fourth-order valence-corrected chi connectivity index (χ4v) is 3.14. The Morgan fingerprint density at radius 3 is 2.90 bits per heavy atom. The summed E-state index contributed by atoms with van der Waals surface area (Å²) in [5, 5.41) is 12.2. The van der Waals surface area contributed by atoms with Crippen LogP contribution in [0.15, 0.2) is 23.4 Å². The van der Waals surface area contributed by atoms with Crippen LogP contribution in [0.3, 0.4) is 0 Å². The largest absolute Gasteiger partial charge is 0.409 e. The summed E-state index contributed by atoms with van der Waals surface area (Å²) in [7, 11) is 0. The molecule has 0 aromatic heterocycles. The summed E-state index contributed by atoms with van der Waals surface area (Å²) < 4.78 is 0. The fraction of sp³-hybridized carbons (Fsp3) is 0.562. The molecule has 1 aromatic carbocycles. The summed E-state index contributed by atoms with van der Waals surface area (Å²) in [6, 6.07) is 5.98. The van der Waals surface area contributed by atoms with Crippen molar-refractivity contribution >= 4 is 11.5 Å². The van der Waals surface area contributed by atoms with Crippen molar-refractivity contribution < 1.29 is 5.21 Å². The van der Waals surface area contributed by atoms with Gasteiger partial charge in [0.2, 0.25) is 0 Å². The van der Waals surface area contributed by atoms with Gasteiger partial charge in [-0.25, -0.2) is 0 Å². The summed E-state index contributed by atoms with van der Waals surface area (Å²) in [5.41, 5.74) is 8.98. The van der Waals surface area contributed by atoms with E-state index in [0.29, 0.717) is 0 Å². The molecular formula is C16H25N3O. The second-order valence-corrected chi connectivity index (χ2v) is 5.65. The number of oxime groups is 1. The van der Waals surface area contributed by atoms with Gasteiger partial charge in [0.05, 0.1) is 5.69 Å². The molecule has 0 amide bonds. The van der Waals surface area contributed by atoms with Gasteiger partial charge in [-0.15, -0.1) is 0 Å². The van der Waals surface area contributed by atoms with Crippen LogP contribution in [0.5, 0.6) is 0 Å². The highest BCUT2D eigenvalue weighted by molar-refractivity contribution is 6.02. The Hall–Kier alpha value is -1.71. The lowest BCUT2D eigenvalue weighted by molar-refractivity contribution is 0.318. The molecule has 1 fully saturated rings. The minimum absolute atomic E-state index is 0.194. The lowest BCUT2D eigenvalue weighted by Crippen LogP contribution is -2.28. The van der Waals surface area contributed by atoms with E-state index in [0.717, 1.165) is 30.3 Å². The van der Waals surface area contributed by atoms with E-state index >= 15 is 0 Å². The van der Waals surface area contributed by atoms with Crippen molar-refractivity contribution in [2.75, 3.05) is 18.0 Å². The first-order valence-electron chi connectivity index (χ1n) is 7.49. The van der Waals surface area contributed by atoms with Crippen LogP contribution in [-0.2, 0) is 0 Å². The minimum atomic E-state index is 0.194. The molecule has 4 nitrogen and oxygen atoms in total. The van der Waals surface area contributed by atoms with E-state index in [2.05, 4.69) is 30.0 Å². The van der Waals surface area contributed by atoms with E-state index < -0.39 is 0 Å². The van der Waals surface area contributed by atoms with Gasteiger partial charge in [-0.3, -0.25) is 0 Å². The molecule has 1 aliphatic rings. The average Bonchev–Trinajstić information content (AvgIpc) is 2.71. The first kappa shape index (κ1) is 14.7. The van der Waals surface area contributed by atoms with Crippen molar-refractivity contribution in [2.24, 2.45) is 16.8 Å². The van der Waals surface area contributed by atoms with E-state index in [9.17, 15) is 0 Å². The van der Waals surface area contributed by atoms with Crippen LogP contribution in [0.1, 0.15) is 43.7 Å². The molecule has 20 heavy (non-hydrogen) atoms. The zero-order chi connectivity index (χ0) is 14.5. The normalized spacial score (nSPS) is 20.8. The van der Waals surface area contributed by atoms with Gasteiger partial charge in [-0.1, -0.05) is 30.6 Å². The zero-order valence-corrected chi connectivity index (χ0v) is 12.5. The maximum atomic E-state index is 8.98. The third-order valence-electron chi connectivity index (χ3n) is 4.36. The molecule has 110 valence electrons. The van der Waals surface area contributed by atoms with Crippen molar-refractivity contribution in [3.8, 4) is 0 Å². The van der Waals surface area contributed by atoms with Gasteiger partial charge in [0.1, 0.15) is 0 Å². The van der Waals surface area contributed by atoms with Crippen LogP contribution < -0.4 is 10.6 Å². The fourth-order valence-electron chi connectivity index (χ4n) is 3.14. The van der Waals surface area contributed by atoms with Crippen molar-refractivity contribution in [3.63, 3.8) is 0 Å². The molecule has 1 unspecified atom stereocenters. The number of para-hydroxylation sites is 1. The van der Waals surface area contributed by atoms with Crippen LogP contribution in [0.25, 0.3) is 0 Å². The molecule has 2 rings (SSSR count). The second-order valence-electron chi connectivity index (χ2n) is 5.65. The molecule has 1 aromatic rings. The number of nitrogens with zero attached hydrogens (tertiary/aromatic N) is 2. The number of rotatable bonds is 3. The standard InChI is InChI=1S/C16H25N3O/c1-3-13-7-5-10-19(11-9-13)15-12(2)6-4-8-14(15)16(17)18-20/h4,6,8,13,20H,3,5,7,9-11H2,1-2H3,(H2,17,18). The van der Waals surface area contributed by atoms with Crippen LogP contribution in [0.4, 0.5) is 5.69 Å². The molecule has 0 saturated carbocycles. The Kier molecular flexibility index (Phi) is 4.88. The summed E-state index contributed by atoms with van der Waals surface area (Å²) in [6.07, 6.45) is 5.00. The van der Waals surface area contributed by atoms with Gasteiger partial charge in [-0.05, 0) is 43.7 Å². The topological polar surface area (TPSA) is 61.8 Å². The maximum absolute atomic E-state index is 8.98. The van der Waals surface area contributed by atoms with E-state index in [1.807, 2.05) is 12.1 Å². The SMILES string of the molecule is CCC1CCCN(c2c(C)cccc2/C(N)=N/O)CC1. The molecule has 1 saturated heterocycles. The van der Waals surface area contributed by atoms with Gasteiger partial charge >= 0.3 is 0 Å². The first-order chi connectivity index (χ1) is 9.67. The predicted octanol–water partition coefficient (Wildman–Crippen LogP) is 3.11. The molecule has 0 radical (unpaired) electrons. The summed E-state index contributed by atoms with van der Waals surface area (Å²) in [5.74, 6) is 1.02. The molecule has 1 aliphatic heterocycles. The number of amidine groups is 1. The van der Waals surface area contributed by atoms with Gasteiger partial charge in [0.25, 0.3) is 0 Å². The summed E-state index contributed by atoms with van der Waals surface area (Å²) >= 11 is 0. The number of nitrogens with two attached hydrogens (primary N) is 1. The van der Waals surface area contributed by atoms with Crippen LogP contribution in [0, 0.1) is 12.8 Å². The molecule has 4 heteroatoms. The number of benzene rings is 1.